The fourth-order valence-electron chi connectivity index (χ4n) is 2.65. The van der Waals surface area contributed by atoms with E-state index in [1.807, 2.05) is 6.92 Å². The molecule has 0 saturated carbocycles. The number of benzene rings is 1. The molecule has 31 heavy (non-hydrogen) atoms. The summed E-state index contributed by atoms with van der Waals surface area (Å²) in [4.78, 5) is 8.06. The number of nitrogens with zero attached hydrogens (tertiary/aromatic N) is 2. The summed E-state index contributed by atoms with van der Waals surface area (Å²) < 4.78 is 60.1. The van der Waals surface area contributed by atoms with Crippen LogP contribution < -0.4 is 5.32 Å². The maximum atomic E-state index is 14.3. The molecule has 0 radical (unpaired) electrons. The number of hydrogen-bond donors (Lipinski definition) is 1. The second-order valence-electron chi connectivity index (χ2n) is 6.43. The highest BCUT2D eigenvalue weighted by Crippen LogP contribution is 2.35. The summed E-state index contributed by atoms with van der Waals surface area (Å²) in [6.07, 6.45) is -0.367. The summed E-state index contributed by atoms with van der Waals surface area (Å²) in [5.74, 6) is 5.27. The number of nitrogens with one attached hydrogen (secondary N) is 1. The first kappa shape index (κ1) is 22.7. The highest BCUT2D eigenvalue weighted by Gasteiger charge is 2.33. The average Bonchev–Trinajstić information content (AvgIpc) is 3.11. The molecule has 1 N–H and O–H groups in total. The fraction of sp³-hybridized carbons (Fsp3) is 0.273. The number of halogens is 4. The van der Waals surface area contributed by atoms with Crippen LogP contribution >= 0.6 is 11.3 Å². The molecule has 0 saturated heterocycles. The molecule has 0 bridgehead atoms. The maximum absolute atomic E-state index is 14.3. The van der Waals surface area contributed by atoms with Crippen LogP contribution in [0, 0.1) is 17.0 Å². The second-order valence-corrected chi connectivity index (χ2v) is 7.38. The van der Waals surface area contributed by atoms with Gasteiger partial charge in [-0.1, -0.05) is 30.1 Å². The van der Waals surface area contributed by atoms with Gasteiger partial charge in [-0.15, -0.1) is 0 Å². The third-order valence-corrected chi connectivity index (χ3v) is 4.80. The number of rotatable bonds is 7. The molecular formula is C22H19F4N3OS. The molecule has 3 aromatic rings. The number of pyridine rings is 1. The van der Waals surface area contributed by atoms with Gasteiger partial charge in [0.15, 0.2) is 5.13 Å². The van der Waals surface area contributed by atoms with Gasteiger partial charge in [0.25, 0.3) is 0 Å². The second kappa shape index (κ2) is 10.4. The van der Waals surface area contributed by atoms with E-state index in [-0.39, 0.29) is 22.1 Å². The standard InChI is InChI=1S/C22H19F4N3OS/c1-2-11-30-12-4-3-6-15-8-9-17(13-18(15)22(24,25)26)28-21-29-19(20(23)31-21)16-7-5-10-27-14-16/h5,7-10,13-14H,2,4,11-12H2,1H3,(H,28,29). The first-order chi connectivity index (χ1) is 14.9. The van der Waals surface area contributed by atoms with Crippen molar-refractivity contribution in [3.8, 4) is 23.1 Å². The third-order valence-electron chi connectivity index (χ3n) is 4.04. The molecule has 4 nitrogen and oxygen atoms in total. The van der Waals surface area contributed by atoms with Crippen molar-refractivity contribution in [3.63, 3.8) is 0 Å². The number of hydrogen-bond acceptors (Lipinski definition) is 5. The van der Waals surface area contributed by atoms with Crippen molar-refractivity contribution < 1.29 is 22.3 Å². The molecule has 2 aromatic heterocycles. The van der Waals surface area contributed by atoms with Crippen molar-refractivity contribution in [1.82, 2.24) is 9.97 Å². The minimum absolute atomic E-state index is 0.0874. The van der Waals surface area contributed by atoms with Gasteiger partial charge in [0.05, 0.1) is 12.2 Å². The molecule has 2 heterocycles. The zero-order valence-electron chi connectivity index (χ0n) is 16.6. The Kier molecular flexibility index (Phi) is 7.60. The lowest BCUT2D eigenvalue weighted by Crippen LogP contribution is -2.08. The lowest BCUT2D eigenvalue weighted by molar-refractivity contribution is -0.137. The molecule has 0 aliphatic rings. The van der Waals surface area contributed by atoms with Crippen molar-refractivity contribution >= 4 is 22.2 Å². The normalized spacial score (nSPS) is 11.1. The van der Waals surface area contributed by atoms with Crippen LogP contribution in [0.5, 0.6) is 0 Å². The van der Waals surface area contributed by atoms with E-state index in [9.17, 15) is 17.6 Å². The van der Waals surface area contributed by atoms with Gasteiger partial charge in [-0.25, -0.2) is 4.98 Å². The Balaban J connectivity index is 1.79. The van der Waals surface area contributed by atoms with Gasteiger partial charge in [0.1, 0.15) is 5.69 Å². The molecule has 3 rings (SSSR count). The van der Waals surface area contributed by atoms with Crippen LogP contribution in [0.15, 0.2) is 42.7 Å². The number of aromatic nitrogens is 2. The van der Waals surface area contributed by atoms with Crippen molar-refractivity contribution in [3.05, 3.63) is 59.0 Å². The van der Waals surface area contributed by atoms with E-state index < -0.39 is 16.9 Å². The lowest BCUT2D eigenvalue weighted by Gasteiger charge is -2.12. The summed E-state index contributed by atoms with van der Waals surface area (Å²) >= 11 is 0.705. The van der Waals surface area contributed by atoms with Gasteiger partial charge >= 0.3 is 6.18 Å². The van der Waals surface area contributed by atoms with E-state index in [2.05, 4.69) is 27.1 Å². The summed E-state index contributed by atoms with van der Waals surface area (Å²) in [7, 11) is 0. The zero-order valence-corrected chi connectivity index (χ0v) is 17.4. The minimum Gasteiger partial charge on any atom is -0.380 e. The zero-order chi connectivity index (χ0) is 22.3. The Morgan fingerprint density at radius 1 is 1.19 bits per heavy atom. The van der Waals surface area contributed by atoms with Gasteiger partial charge in [-0.05, 0) is 36.8 Å². The van der Waals surface area contributed by atoms with Crippen LogP contribution in [0.1, 0.15) is 30.9 Å². The van der Waals surface area contributed by atoms with Crippen molar-refractivity contribution in [2.24, 2.45) is 0 Å². The van der Waals surface area contributed by atoms with Crippen molar-refractivity contribution in [2.45, 2.75) is 25.9 Å². The molecule has 9 heteroatoms. The summed E-state index contributed by atoms with van der Waals surface area (Å²) in [5.41, 5.74) is -0.298. The molecule has 0 aliphatic heterocycles. The van der Waals surface area contributed by atoms with Gasteiger partial charge in [-0.2, -0.15) is 17.6 Å². The summed E-state index contributed by atoms with van der Waals surface area (Å²) in [5, 5.41) is 2.32. The van der Waals surface area contributed by atoms with Gasteiger partial charge in [0.2, 0.25) is 5.13 Å². The van der Waals surface area contributed by atoms with E-state index in [0.717, 1.165) is 12.5 Å². The molecule has 0 unspecified atom stereocenters. The largest absolute Gasteiger partial charge is 0.417 e. The molecule has 0 amide bonds. The predicted molar refractivity (Wildman–Crippen MR) is 113 cm³/mol. The first-order valence-corrected chi connectivity index (χ1v) is 10.3. The molecule has 162 valence electrons. The Morgan fingerprint density at radius 2 is 2.03 bits per heavy atom. The Bertz CT molecular complexity index is 1070. The Hall–Kier alpha value is -2.96. The molecule has 0 aliphatic carbocycles. The van der Waals surface area contributed by atoms with Crippen LogP contribution in [0.4, 0.5) is 28.4 Å². The maximum Gasteiger partial charge on any atom is 0.417 e. The number of ether oxygens (including phenoxy) is 1. The van der Waals surface area contributed by atoms with Crippen molar-refractivity contribution in [2.75, 3.05) is 18.5 Å². The SMILES string of the molecule is CCCOCCC#Cc1ccc(Nc2nc(-c3cccnc3)c(F)s2)cc1C(F)(F)F. The predicted octanol–water partition coefficient (Wildman–Crippen LogP) is 6.27. The van der Waals surface area contributed by atoms with Crippen LogP contribution in [0.25, 0.3) is 11.3 Å². The van der Waals surface area contributed by atoms with E-state index in [0.29, 0.717) is 36.5 Å². The Morgan fingerprint density at radius 3 is 2.74 bits per heavy atom. The van der Waals surface area contributed by atoms with Gasteiger partial charge in [-0.3, -0.25) is 4.98 Å². The number of anilines is 2. The van der Waals surface area contributed by atoms with E-state index in [1.54, 1.807) is 18.3 Å². The van der Waals surface area contributed by atoms with Gasteiger partial charge in [0, 0.05) is 42.2 Å². The minimum atomic E-state index is -4.59. The molecule has 0 atom stereocenters. The fourth-order valence-corrected chi connectivity index (χ4v) is 3.39. The highest BCUT2D eigenvalue weighted by molar-refractivity contribution is 7.14. The summed E-state index contributed by atoms with van der Waals surface area (Å²) in [6, 6.07) is 6.98. The smallest absolute Gasteiger partial charge is 0.380 e. The molecular weight excluding hydrogens is 430 g/mol. The molecule has 0 fully saturated rings. The van der Waals surface area contributed by atoms with Crippen LogP contribution in [-0.4, -0.2) is 23.2 Å². The quantitative estimate of drug-likeness (QED) is 0.262. The first-order valence-electron chi connectivity index (χ1n) is 9.50. The van der Waals surface area contributed by atoms with E-state index >= 15 is 0 Å². The number of alkyl halides is 3. The number of thiazole rings is 1. The van der Waals surface area contributed by atoms with E-state index in [1.165, 1.54) is 18.3 Å². The van der Waals surface area contributed by atoms with Gasteiger partial charge < -0.3 is 10.1 Å². The highest BCUT2D eigenvalue weighted by atomic mass is 32.1. The lowest BCUT2D eigenvalue weighted by atomic mass is 10.1. The average molecular weight is 449 g/mol. The van der Waals surface area contributed by atoms with E-state index in [4.69, 9.17) is 4.74 Å². The molecule has 0 spiro atoms. The van der Waals surface area contributed by atoms with Crippen LogP contribution in [0.2, 0.25) is 0 Å². The van der Waals surface area contributed by atoms with Crippen LogP contribution in [-0.2, 0) is 10.9 Å². The topological polar surface area (TPSA) is 47.0 Å². The summed E-state index contributed by atoms with van der Waals surface area (Å²) in [6.45, 7) is 2.93. The monoisotopic (exact) mass is 449 g/mol. The van der Waals surface area contributed by atoms with Crippen molar-refractivity contribution in [1.29, 1.82) is 0 Å². The molecule has 1 aromatic carbocycles. The van der Waals surface area contributed by atoms with Crippen LogP contribution in [0.3, 0.4) is 0 Å². The Labute approximate surface area is 181 Å². The third kappa shape index (κ3) is 6.26.